The molecule has 0 aliphatic rings. The lowest BCUT2D eigenvalue weighted by Gasteiger charge is -2.08. The number of hydrogen-bond donors (Lipinski definition) is 1. The number of H-pyrrole nitrogens is 1. The molecule has 1 aromatic carbocycles. The minimum atomic E-state index is -4.70. The maximum absolute atomic E-state index is 12.2. The Morgan fingerprint density at radius 1 is 1.26 bits per heavy atom. The average molecular weight is 379 g/mol. The smallest absolute Gasteiger partial charge is 0.470 e. The number of nitrogens with one attached hydrogen (secondary N) is 1. The Labute approximate surface area is 152 Å². The molecule has 27 heavy (non-hydrogen) atoms. The van der Waals surface area contributed by atoms with E-state index < -0.39 is 6.36 Å². The van der Waals surface area contributed by atoms with Crippen LogP contribution in [0.4, 0.5) is 13.2 Å². The van der Waals surface area contributed by atoms with E-state index in [0.717, 1.165) is 16.7 Å². The van der Waals surface area contributed by atoms with Crippen molar-refractivity contribution in [2.45, 2.75) is 26.8 Å². The number of halogens is 3. The molecule has 142 valence electrons. The van der Waals surface area contributed by atoms with Gasteiger partial charge < -0.3 is 14.0 Å². The second kappa shape index (κ2) is 7.56. The predicted octanol–water partition coefficient (Wildman–Crippen LogP) is 4.97. The number of benzene rings is 1. The zero-order chi connectivity index (χ0) is 19.4. The highest BCUT2D eigenvalue weighted by Crippen LogP contribution is 2.29. The molecule has 0 saturated carbocycles. The summed E-state index contributed by atoms with van der Waals surface area (Å²) >= 11 is 0. The van der Waals surface area contributed by atoms with Gasteiger partial charge in [-0.05, 0) is 48.3 Å². The van der Waals surface area contributed by atoms with Crippen LogP contribution in [-0.2, 0) is 11.3 Å². The van der Waals surface area contributed by atoms with E-state index >= 15 is 0 Å². The van der Waals surface area contributed by atoms with Gasteiger partial charge in [0.1, 0.15) is 12.4 Å². The van der Waals surface area contributed by atoms with Crippen molar-refractivity contribution in [2.75, 3.05) is 0 Å². The molecule has 0 unspecified atom stereocenters. The molecule has 3 rings (SSSR count). The van der Waals surface area contributed by atoms with E-state index in [1.165, 1.54) is 13.0 Å². The van der Waals surface area contributed by atoms with Crippen LogP contribution in [0.1, 0.15) is 25.0 Å². The fourth-order valence-electron chi connectivity index (χ4n) is 2.33. The average Bonchev–Trinajstić information content (AvgIpc) is 3.25. The van der Waals surface area contributed by atoms with Crippen LogP contribution in [0.3, 0.4) is 0 Å². The third-order valence-electron chi connectivity index (χ3n) is 3.67. The summed E-state index contributed by atoms with van der Waals surface area (Å²) in [6, 6.07) is 5.31. The molecule has 2 aromatic heterocycles. The van der Waals surface area contributed by atoms with Crippen LogP contribution in [0.5, 0.6) is 5.88 Å². The lowest BCUT2D eigenvalue weighted by atomic mass is 10.1. The number of nitrogens with zero attached hydrogens (tertiary/aromatic N) is 2. The third-order valence-corrected chi connectivity index (χ3v) is 3.67. The molecule has 2 heterocycles. The Morgan fingerprint density at radius 3 is 2.78 bits per heavy atom. The van der Waals surface area contributed by atoms with Crippen molar-refractivity contribution in [3.05, 3.63) is 59.6 Å². The summed E-state index contributed by atoms with van der Waals surface area (Å²) in [5, 5.41) is 11.1. The van der Waals surface area contributed by atoms with Crippen molar-refractivity contribution >= 4 is 16.5 Å². The first-order valence-electron chi connectivity index (χ1n) is 7.93. The lowest BCUT2D eigenvalue weighted by molar-refractivity contribution is -0.305. The molecule has 0 amide bonds. The summed E-state index contributed by atoms with van der Waals surface area (Å²) in [7, 11) is 0. The van der Waals surface area contributed by atoms with Gasteiger partial charge in [-0.25, -0.2) is 0 Å². The van der Waals surface area contributed by atoms with Gasteiger partial charge in [-0.2, -0.15) is 5.10 Å². The number of allylic oxidation sites excluding steroid dienone is 4. The maximum Gasteiger partial charge on any atom is 0.572 e. The molecule has 0 radical (unpaired) electrons. The molecule has 0 spiro atoms. The highest BCUT2D eigenvalue weighted by Gasteiger charge is 2.30. The molecule has 0 bridgehead atoms. The second-order valence-electron chi connectivity index (χ2n) is 5.77. The first-order chi connectivity index (χ1) is 12.8. The molecule has 6 nitrogen and oxygen atoms in total. The Balaban J connectivity index is 1.79. The molecule has 0 aliphatic heterocycles. The van der Waals surface area contributed by atoms with Crippen LogP contribution < -0.4 is 4.74 Å². The lowest BCUT2D eigenvalue weighted by Crippen LogP contribution is -2.11. The number of hydrogen-bond acceptors (Lipinski definition) is 5. The Hall–Kier alpha value is -3.23. The molecule has 0 saturated heterocycles. The monoisotopic (exact) mass is 379 g/mol. The zero-order valence-electron chi connectivity index (χ0n) is 14.5. The van der Waals surface area contributed by atoms with Gasteiger partial charge in [0.25, 0.3) is 5.88 Å². The number of ether oxygens (including phenoxy) is 2. The zero-order valence-corrected chi connectivity index (χ0v) is 14.5. The number of aromatic amines is 1. The van der Waals surface area contributed by atoms with E-state index in [0.29, 0.717) is 16.8 Å². The fourth-order valence-corrected chi connectivity index (χ4v) is 2.33. The highest BCUT2D eigenvalue weighted by atomic mass is 19.4. The number of alkyl halides is 3. The van der Waals surface area contributed by atoms with Gasteiger partial charge in [0.05, 0.1) is 11.6 Å². The van der Waals surface area contributed by atoms with Crippen LogP contribution in [0.25, 0.3) is 16.5 Å². The molecule has 0 atom stereocenters. The minimum absolute atomic E-state index is 0.253. The van der Waals surface area contributed by atoms with Gasteiger partial charge in [-0.3, -0.25) is 5.10 Å². The molecule has 3 aromatic rings. The summed E-state index contributed by atoms with van der Waals surface area (Å²) in [6.45, 7) is 3.29. The summed E-state index contributed by atoms with van der Waals surface area (Å²) in [5.41, 5.74) is 2.92. The van der Waals surface area contributed by atoms with E-state index in [1.807, 2.05) is 0 Å². The molecule has 9 heteroatoms. The van der Waals surface area contributed by atoms with Crippen LogP contribution >= 0.6 is 0 Å². The van der Waals surface area contributed by atoms with Crippen molar-refractivity contribution in [1.29, 1.82) is 0 Å². The van der Waals surface area contributed by atoms with Crippen molar-refractivity contribution < 1.29 is 27.2 Å². The topological polar surface area (TPSA) is 73.2 Å². The van der Waals surface area contributed by atoms with Gasteiger partial charge in [0.2, 0.25) is 0 Å². The minimum Gasteiger partial charge on any atom is -0.470 e. The Morgan fingerprint density at radius 2 is 2.07 bits per heavy atom. The standard InChI is InChI=1S/C18H16F3N3O3/c1-11(3-4-12(2)26-18(19,20)21)14-5-6-16-15(7-14)17(24-27-16)25-10-13-8-22-23-9-13/h3-9H,10H2,1-2H3,(H,22,23). The van der Waals surface area contributed by atoms with E-state index in [4.69, 9.17) is 9.26 Å². The van der Waals surface area contributed by atoms with Crippen molar-refractivity contribution in [2.24, 2.45) is 0 Å². The molecule has 0 aliphatic carbocycles. The van der Waals surface area contributed by atoms with Crippen LogP contribution in [0.2, 0.25) is 0 Å². The molecule has 1 N–H and O–H groups in total. The quantitative estimate of drug-likeness (QED) is 0.483. The fraction of sp³-hybridized carbons (Fsp3) is 0.222. The predicted molar refractivity (Wildman–Crippen MR) is 91.5 cm³/mol. The molecule has 0 fully saturated rings. The summed E-state index contributed by atoms with van der Waals surface area (Å²) < 4.78 is 51.3. The van der Waals surface area contributed by atoms with Crippen LogP contribution in [-0.4, -0.2) is 21.7 Å². The van der Waals surface area contributed by atoms with Crippen LogP contribution in [0.15, 0.2) is 53.0 Å². The maximum atomic E-state index is 12.2. The van der Waals surface area contributed by atoms with Crippen LogP contribution in [0, 0.1) is 0 Å². The van der Waals surface area contributed by atoms with Gasteiger partial charge in [0, 0.05) is 11.8 Å². The first-order valence-corrected chi connectivity index (χ1v) is 7.93. The SMILES string of the molecule is CC(=CC=C(C)c1ccc2onc(OCc3cn[nH]c3)c2c1)OC(F)(F)F. The van der Waals surface area contributed by atoms with E-state index in [9.17, 15) is 13.2 Å². The normalized spacial score (nSPS) is 13.2. The Bertz CT molecular complexity index is 973. The van der Waals surface area contributed by atoms with Crippen molar-refractivity contribution in [1.82, 2.24) is 15.4 Å². The van der Waals surface area contributed by atoms with Crippen molar-refractivity contribution in [3.8, 4) is 5.88 Å². The van der Waals surface area contributed by atoms with Gasteiger partial charge in [0.15, 0.2) is 5.58 Å². The number of fused-ring (bicyclic) bond motifs is 1. The van der Waals surface area contributed by atoms with E-state index in [-0.39, 0.29) is 12.4 Å². The molecular formula is C18H16F3N3O3. The van der Waals surface area contributed by atoms with Gasteiger partial charge in [-0.15, -0.1) is 13.2 Å². The van der Waals surface area contributed by atoms with Gasteiger partial charge >= 0.3 is 6.36 Å². The highest BCUT2D eigenvalue weighted by molar-refractivity contribution is 5.86. The van der Waals surface area contributed by atoms with E-state index in [2.05, 4.69) is 20.1 Å². The first kappa shape index (κ1) is 18.6. The number of aromatic nitrogens is 3. The third kappa shape index (κ3) is 4.90. The summed E-state index contributed by atoms with van der Waals surface area (Å²) in [5.74, 6) is 0.0741. The van der Waals surface area contributed by atoms with Crippen molar-refractivity contribution in [3.63, 3.8) is 0 Å². The largest absolute Gasteiger partial charge is 0.572 e. The summed E-state index contributed by atoms with van der Waals surface area (Å²) in [4.78, 5) is 0. The number of rotatable bonds is 6. The van der Waals surface area contributed by atoms with E-state index in [1.54, 1.807) is 43.6 Å². The molecular weight excluding hydrogens is 363 g/mol. The summed E-state index contributed by atoms with van der Waals surface area (Å²) in [6.07, 6.45) is 1.44. The second-order valence-corrected chi connectivity index (χ2v) is 5.77. The van der Waals surface area contributed by atoms with Gasteiger partial charge in [-0.1, -0.05) is 12.1 Å². The Kier molecular flexibility index (Phi) is 5.20.